The highest BCUT2D eigenvalue weighted by Gasteiger charge is 2.71. The Morgan fingerprint density at radius 3 is 1.21 bits per heavy atom. The van der Waals surface area contributed by atoms with Gasteiger partial charge in [0.2, 0.25) is 0 Å². The van der Waals surface area contributed by atoms with Crippen molar-refractivity contribution in [2.24, 2.45) is 23.7 Å². The summed E-state index contributed by atoms with van der Waals surface area (Å²) in [5.74, 6) is -3.37. The van der Waals surface area contributed by atoms with Gasteiger partial charge in [-0.15, -0.1) is 6.58 Å². The Morgan fingerprint density at radius 1 is 0.543 bits per heavy atom. The van der Waals surface area contributed by atoms with Crippen LogP contribution in [0.4, 0.5) is 18.8 Å². The maximum atomic E-state index is 13.0. The number of nitrogens with zero attached hydrogens (tertiary/aromatic N) is 3. The van der Waals surface area contributed by atoms with Gasteiger partial charge >= 0.3 is 18.3 Å². The zero-order chi connectivity index (χ0) is 68.8. The highest BCUT2D eigenvalue weighted by molar-refractivity contribution is 5.73. The Labute approximate surface area is 546 Å². The molecule has 0 aromatic carbocycles. The SMILES string of the molecule is C=C[C@@H]1[C@H]2O[C@](C)(OC)C(C)(C)O[C@@H]2CN(C(=O)OC(C)(C)C)C12CC2.CO[C@@]1(C)O[C@@H]2[C@@H](C=O)C3(CC3)N(C(=O)OC(C)(C)C)C[C@H]2OC1(C)C.CO[C@@]1(C)O[C@@H]2[C@@H](CCO)C3(CC3)N(C(=O)OC(C)(C)C)C[C@H]2OC1(C)C.O[C@H]1[C@H](O)CNC2(CC2)[C@@H]1CCF. The molecule has 24 heteroatoms. The molecule has 92 heavy (non-hydrogen) atoms. The minimum absolute atomic E-state index is 0.0284. The van der Waals surface area contributed by atoms with Crippen LogP contribution in [0.2, 0.25) is 0 Å². The lowest BCUT2D eigenvalue weighted by Gasteiger charge is -2.58. The summed E-state index contributed by atoms with van der Waals surface area (Å²) in [7, 11) is 4.83. The van der Waals surface area contributed by atoms with Crippen molar-refractivity contribution in [3.63, 3.8) is 0 Å². The first kappa shape index (κ1) is 74.4. The molecule has 7 heterocycles. The quantitative estimate of drug-likeness (QED) is 0.0957. The second kappa shape index (κ2) is 25.8. The van der Waals surface area contributed by atoms with E-state index in [1.165, 1.54) is 0 Å². The number of fused-ring (bicyclic) bond motifs is 3. The first-order valence-electron chi connectivity index (χ1n) is 33.5. The molecular formula is C68H115FN4O19. The van der Waals surface area contributed by atoms with Crippen LogP contribution < -0.4 is 5.32 Å². The number of hydrogen-bond acceptors (Lipinski definition) is 20. The standard InChI is InChI=1S/C20H35NO6.C20H33NO5.C19H31NO6.C9H16FNO2/c1-17(2,3)27-16(23)21-12-14-15(13(8-11-22)20(21)9-10-20)26-19(6,24-7)18(4,5)25-14;1-9-13-15-14(24-18(5,6)19(7,23-8)25-15)12-21(20(13)10-11-20)16(22)26-17(2,3)4;1-16(2,3)26-15(22)20-10-13-14(12(11-21)19(20)8-9-19)25-18(6,23-7)17(4,5)24-13;10-4-1-6-8(13)7(12)5-11-9(6)2-3-9/h13-15,22H,8-12H2,1-7H3;9,13-15H,1,10-12H2,2-8H3;11-14H,8-10H2,1-7H3;6-8,11-13H,1-5H2/t2*13-,14-,15-,19+;12-,13-,14-,18+;6-,7-,8-/m1111/s1. The Bertz CT molecular complexity index is 2540. The van der Waals surface area contributed by atoms with Gasteiger partial charge < -0.3 is 82.3 Å². The molecule has 0 bridgehead atoms. The number of alkyl halides is 1. The Hall–Kier alpha value is -3.37. The number of nitrogens with one attached hydrogen (secondary N) is 1. The van der Waals surface area contributed by atoms with E-state index >= 15 is 0 Å². The van der Waals surface area contributed by atoms with E-state index in [0.29, 0.717) is 39.0 Å². The van der Waals surface area contributed by atoms with E-state index in [2.05, 4.69) is 11.9 Å². The predicted octanol–water partition coefficient (Wildman–Crippen LogP) is 8.52. The molecular weight excluding hydrogens is 1200 g/mol. The monoisotopic (exact) mass is 1310 g/mol. The topological polar surface area (TPSA) is 261 Å². The summed E-state index contributed by atoms with van der Waals surface area (Å²) in [6.07, 6.45) is 6.48. The van der Waals surface area contributed by atoms with E-state index in [1.54, 1.807) is 26.2 Å². The zero-order valence-electron chi connectivity index (χ0n) is 59.2. The van der Waals surface area contributed by atoms with E-state index in [4.69, 9.17) is 56.8 Å². The van der Waals surface area contributed by atoms with Crippen molar-refractivity contribution < 1.29 is 95.7 Å². The van der Waals surface area contributed by atoms with Gasteiger partial charge in [0.05, 0.1) is 73.3 Å². The molecule has 4 N–H and O–H groups in total. The van der Waals surface area contributed by atoms with Gasteiger partial charge in [-0.05, 0) is 189 Å². The number of ether oxygens (including phenoxy) is 12. The Morgan fingerprint density at radius 2 is 0.891 bits per heavy atom. The Kier molecular flexibility index (Phi) is 20.9. The fraction of sp³-hybridized carbons (Fsp3) is 0.912. The maximum Gasteiger partial charge on any atom is 0.410 e. The van der Waals surface area contributed by atoms with Crippen molar-refractivity contribution >= 4 is 24.6 Å². The molecule has 11 rings (SSSR count). The number of rotatable bonds is 9. The van der Waals surface area contributed by atoms with Gasteiger partial charge in [0.25, 0.3) is 0 Å². The van der Waals surface area contributed by atoms with Crippen LogP contribution in [0.3, 0.4) is 0 Å². The fourth-order valence-electron chi connectivity index (χ4n) is 15.4. The number of likely N-dealkylation sites (tertiary alicyclic amines) is 3. The van der Waals surface area contributed by atoms with Crippen LogP contribution in [0, 0.1) is 23.7 Å². The van der Waals surface area contributed by atoms with Crippen molar-refractivity contribution in [3.8, 4) is 0 Å². The van der Waals surface area contributed by atoms with Gasteiger partial charge in [0, 0.05) is 57.8 Å². The van der Waals surface area contributed by atoms with Crippen molar-refractivity contribution in [2.45, 2.75) is 311 Å². The van der Waals surface area contributed by atoms with Crippen LogP contribution in [-0.4, -0.2) is 237 Å². The number of aliphatic hydroxyl groups is 3. The van der Waals surface area contributed by atoms with Crippen molar-refractivity contribution in [1.82, 2.24) is 20.0 Å². The predicted molar refractivity (Wildman–Crippen MR) is 337 cm³/mol. The molecule has 0 radical (unpaired) electrons. The third kappa shape index (κ3) is 14.2. The molecule has 0 unspecified atom stereocenters. The van der Waals surface area contributed by atoms with Crippen LogP contribution in [0.5, 0.6) is 0 Å². The maximum absolute atomic E-state index is 13.0. The number of aldehydes is 1. The van der Waals surface area contributed by atoms with Gasteiger partial charge in [0.1, 0.15) is 64.3 Å². The van der Waals surface area contributed by atoms with E-state index < -0.39 is 99.6 Å². The molecule has 4 aliphatic carbocycles. The molecule has 3 amide bonds. The summed E-state index contributed by atoms with van der Waals surface area (Å²) in [5, 5.41) is 32.0. The molecule has 23 nitrogen and oxygen atoms in total. The molecule has 528 valence electrons. The second-order valence-electron chi connectivity index (χ2n) is 32.5. The van der Waals surface area contributed by atoms with Crippen LogP contribution in [0.15, 0.2) is 12.7 Å². The van der Waals surface area contributed by atoms with E-state index in [-0.39, 0.29) is 77.6 Å². The number of halogens is 1. The van der Waals surface area contributed by atoms with E-state index in [1.807, 2.05) is 141 Å². The lowest BCUT2D eigenvalue weighted by molar-refractivity contribution is -0.397. The summed E-state index contributed by atoms with van der Waals surface area (Å²) < 4.78 is 84.4. The third-order valence-corrected chi connectivity index (χ3v) is 22.1. The highest BCUT2D eigenvalue weighted by atomic mass is 19.1. The van der Waals surface area contributed by atoms with Crippen LogP contribution in [-0.2, 0) is 61.6 Å². The summed E-state index contributed by atoms with van der Waals surface area (Å²) in [5.41, 5.74) is -4.96. The first-order chi connectivity index (χ1) is 42.4. The van der Waals surface area contributed by atoms with Crippen molar-refractivity contribution in [2.75, 3.05) is 60.8 Å². The summed E-state index contributed by atoms with van der Waals surface area (Å²) in [6, 6.07) is 0. The summed E-state index contributed by atoms with van der Waals surface area (Å²) >= 11 is 0. The number of aliphatic hydroxyl groups excluding tert-OH is 3. The zero-order valence-corrected chi connectivity index (χ0v) is 59.2. The molecule has 7 saturated heterocycles. The molecule has 4 saturated carbocycles. The number of carbonyl (C=O) groups excluding carboxylic acids is 4. The molecule has 11 aliphatic rings. The summed E-state index contributed by atoms with van der Waals surface area (Å²) in [4.78, 5) is 56.1. The number of methoxy groups -OCH3 is 3. The molecule has 0 aromatic rings. The van der Waals surface area contributed by atoms with Gasteiger partial charge in [-0.3, -0.25) is 19.1 Å². The number of hydrogen-bond donors (Lipinski definition) is 4. The average molecular weight is 1310 g/mol. The number of β-amino-alcohol motifs (C(OH)–C–C–N with tert-alkyl or cyclic N) is 1. The van der Waals surface area contributed by atoms with Crippen LogP contribution in [0.1, 0.15) is 189 Å². The highest BCUT2D eigenvalue weighted by Crippen LogP contribution is 2.60. The smallest absolute Gasteiger partial charge is 0.410 e. The normalized spacial score (nSPS) is 38.2. The largest absolute Gasteiger partial charge is 0.444 e. The number of piperidine rings is 4. The molecule has 11 fully saturated rings. The molecule has 0 aromatic heterocycles. The van der Waals surface area contributed by atoms with Gasteiger partial charge in [-0.25, -0.2) is 14.4 Å². The summed E-state index contributed by atoms with van der Waals surface area (Å²) in [6.45, 7) is 39.3. The van der Waals surface area contributed by atoms with Gasteiger partial charge in [0.15, 0.2) is 17.4 Å². The number of amides is 3. The average Bonchev–Trinajstić information content (AvgIpc) is 0.808. The van der Waals surface area contributed by atoms with Crippen LogP contribution in [0.25, 0.3) is 0 Å². The second-order valence-corrected chi connectivity index (χ2v) is 32.5. The van der Waals surface area contributed by atoms with Crippen molar-refractivity contribution in [1.29, 1.82) is 0 Å². The minimum atomic E-state index is -0.973. The fourth-order valence-corrected chi connectivity index (χ4v) is 15.4. The molecule has 4 spiro atoms. The van der Waals surface area contributed by atoms with Gasteiger partial charge in [-0.1, -0.05) is 6.08 Å². The third-order valence-electron chi connectivity index (χ3n) is 22.1. The lowest BCUT2D eigenvalue weighted by atomic mass is 9.78. The van der Waals surface area contributed by atoms with E-state index in [9.17, 15) is 38.9 Å². The molecule has 15 atom stereocenters. The van der Waals surface area contributed by atoms with E-state index in [0.717, 1.165) is 57.7 Å². The Balaban J connectivity index is 0.000000162. The minimum Gasteiger partial charge on any atom is -0.444 e. The first-order valence-corrected chi connectivity index (χ1v) is 33.5. The number of carbonyl (C=O) groups is 4. The van der Waals surface area contributed by atoms with Crippen molar-refractivity contribution in [3.05, 3.63) is 12.7 Å². The van der Waals surface area contributed by atoms with Gasteiger partial charge in [-0.2, -0.15) is 0 Å². The molecule has 7 aliphatic heterocycles. The lowest BCUT2D eigenvalue weighted by Crippen LogP contribution is -2.72. The van der Waals surface area contributed by atoms with Crippen LogP contribution >= 0.6 is 0 Å².